The van der Waals surface area contributed by atoms with Crippen molar-refractivity contribution in [1.29, 1.82) is 0 Å². The van der Waals surface area contributed by atoms with Crippen LogP contribution in [0.25, 0.3) is 0 Å². The number of ether oxygens (including phenoxy) is 2. The topological polar surface area (TPSA) is 18.5 Å². The molecule has 0 radical (unpaired) electrons. The fraction of sp³-hybridized carbons (Fsp3) is 0.538. The zero-order valence-electron chi connectivity index (χ0n) is 10.4. The standard InChI is InChI=1S/C13H18F2O2/c1-4-16-11(17-5-2)8-10-7-6-9(3)12(14)13(10)15/h6-7,11H,4-5,8H2,1-3H3. The van der Waals surface area contributed by atoms with E-state index in [2.05, 4.69) is 0 Å². The van der Waals surface area contributed by atoms with Crippen molar-refractivity contribution in [2.45, 2.75) is 33.5 Å². The van der Waals surface area contributed by atoms with Gasteiger partial charge in [0.05, 0.1) is 0 Å². The molecule has 2 nitrogen and oxygen atoms in total. The second-order valence-corrected chi connectivity index (χ2v) is 3.71. The molecule has 0 aliphatic rings. The molecule has 0 amide bonds. The summed E-state index contributed by atoms with van der Waals surface area (Å²) in [5.41, 5.74) is 0.579. The molecule has 17 heavy (non-hydrogen) atoms. The van der Waals surface area contributed by atoms with E-state index in [0.29, 0.717) is 18.8 Å². The molecular formula is C13H18F2O2. The molecule has 0 saturated carbocycles. The molecule has 0 aliphatic carbocycles. The molecule has 0 N–H and O–H groups in total. The van der Waals surface area contributed by atoms with Crippen molar-refractivity contribution < 1.29 is 18.3 Å². The SMILES string of the molecule is CCOC(Cc1ccc(C)c(F)c1F)OCC. The van der Waals surface area contributed by atoms with Crippen molar-refractivity contribution in [3.63, 3.8) is 0 Å². The molecule has 1 aromatic rings. The zero-order chi connectivity index (χ0) is 12.8. The molecule has 0 unspecified atom stereocenters. The number of halogens is 2. The molecule has 0 spiro atoms. The Morgan fingerprint density at radius 2 is 1.65 bits per heavy atom. The van der Waals surface area contributed by atoms with Crippen LogP contribution >= 0.6 is 0 Å². The lowest BCUT2D eigenvalue weighted by Gasteiger charge is -2.17. The fourth-order valence-corrected chi connectivity index (χ4v) is 1.56. The van der Waals surface area contributed by atoms with Crippen molar-refractivity contribution in [1.82, 2.24) is 0 Å². The number of hydrogen-bond donors (Lipinski definition) is 0. The summed E-state index contributed by atoms with van der Waals surface area (Å²) < 4.78 is 37.6. The lowest BCUT2D eigenvalue weighted by Crippen LogP contribution is -2.21. The largest absolute Gasteiger partial charge is 0.353 e. The predicted molar refractivity (Wildman–Crippen MR) is 61.8 cm³/mol. The third kappa shape index (κ3) is 3.75. The summed E-state index contributed by atoms with van der Waals surface area (Å²) in [6.07, 6.45) is -0.313. The molecule has 0 heterocycles. The highest BCUT2D eigenvalue weighted by Crippen LogP contribution is 2.18. The summed E-state index contributed by atoms with van der Waals surface area (Å²) in [5, 5.41) is 0. The third-order valence-electron chi connectivity index (χ3n) is 2.45. The Bertz CT molecular complexity index is 361. The molecule has 0 aromatic heterocycles. The van der Waals surface area contributed by atoms with E-state index >= 15 is 0 Å². The lowest BCUT2D eigenvalue weighted by molar-refractivity contribution is -0.134. The smallest absolute Gasteiger partial charge is 0.162 e. The van der Waals surface area contributed by atoms with Gasteiger partial charge in [0.2, 0.25) is 0 Å². The predicted octanol–water partition coefficient (Wildman–Crippen LogP) is 3.21. The van der Waals surface area contributed by atoms with Crippen LogP contribution in [0, 0.1) is 18.6 Å². The Kier molecular flexibility index (Phi) is 5.51. The van der Waals surface area contributed by atoms with Crippen molar-refractivity contribution in [2.75, 3.05) is 13.2 Å². The van der Waals surface area contributed by atoms with E-state index < -0.39 is 17.9 Å². The monoisotopic (exact) mass is 244 g/mol. The van der Waals surface area contributed by atoms with Crippen LogP contribution in [0.3, 0.4) is 0 Å². The van der Waals surface area contributed by atoms with E-state index in [-0.39, 0.29) is 12.0 Å². The lowest BCUT2D eigenvalue weighted by atomic mass is 10.1. The quantitative estimate of drug-likeness (QED) is 0.715. The van der Waals surface area contributed by atoms with Crippen LogP contribution in [0.15, 0.2) is 12.1 Å². The van der Waals surface area contributed by atoms with Crippen LogP contribution in [0.4, 0.5) is 8.78 Å². The van der Waals surface area contributed by atoms with Crippen molar-refractivity contribution in [2.24, 2.45) is 0 Å². The average molecular weight is 244 g/mol. The van der Waals surface area contributed by atoms with Crippen LogP contribution in [0.1, 0.15) is 25.0 Å². The molecule has 0 fully saturated rings. The van der Waals surface area contributed by atoms with Crippen molar-refractivity contribution >= 4 is 0 Å². The molecule has 0 bridgehead atoms. The highest BCUT2D eigenvalue weighted by atomic mass is 19.2. The Morgan fingerprint density at radius 3 is 2.18 bits per heavy atom. The molecule has 96 valence electrons. The van der Waals surface area contributed by atoms with E-state index in [1.807, 2.05) is 13.8 Å². The molecular weight excluding hydrogens is 226 g/mol. The van der Waals surface area contributed by atoms with Gasteiger partial charge in [-0.2, -0.15) is 0 Å². The first-order valence-electron chi connectivity index (χ1n) is 5.76. The van der Waals surface area contributed by atoms with Gasteiger partial charge in [-0.05, 0) is 31.9 Å². The van der Waals surface area contributed by atoms with Gasteiger partial charge in [-0.25, -0.2) is 8.78 Å². The molecule has 0 aliphatic heterocycles. The number of aryl methyl sites for hydroxylation is 1. The fourth-order valence-electron chi connectivity index (χ4n) is 1.56. The second-order valence-electron chi connectivity index (χ2n) is 3.71. The molecule has 0 saturated heterocycles. The maximum Gasteiger partial charge on any atom is 0.162 e. The van der Waals surface area contributed by atoms with E-state index in [9.17, 15) is 8.78 Å². The number of benzene rings is 1. The van der Waals surface area contributed by atoms with Crippen LogP contribution in [0.5, 0.6) is 0 Å². The number of hydrogen-bond acceptors (Lipinski definition) is 2. The summed E-state index contributed by atoms with van der Waals surface area (Å²) in [4.78, 5) is 0. The highest BCUT2D eigenvalue weighted by Gasteiger charge is 2.16. The number of rotatable bonds is 6. The summed E-state index contributed by atoms with van der Waals surface area (Å²) in [7, 11) is 0. The molecule has 1 aromatic carbocycles. The van der Waals surface area contributed by atoms with Gasteiger partial charge in [0, 0.05) is 19.6 Å². The van der Waals surface area contributed by atoms with E-state index in [4.69, 9.17) is 9.47 Å². The van der Waals surface area contributed by atoms with E-state index in [1.165, 1.54) is 6.92 Å². The Labute approximate surface area is 101 Å². The van der Waals surface area contributed by atoms with E-state index in [1.54, 1.807) is 12.1 Å². The molecule has 0 atom stereocenters. The Hall–Kier alpha value is -1.00. The summed E-state index contributed by atoms with van der Waals surface area (Å²) in [6.45, 7) is 6.14. The van der Waals surface area contributed by atoms with Crippen LogP contribution < -0.4 is 0 Å². The maximum absolute atomic E-state index is 13.6. The van der Waals surface area contributed by atoms with Gasteiger partial charge < -0.3 is 9.47 Å². The van der Waals surface area contributed by atoms with Gasteiger partial charge in [-0.1, -0.05) is 12.1 Å². The zero-order valence-corrected chi connectivity index (χ0v) is 10.4. The first-order valence-corrected chi connectivity index (χ1v) is 5.76. The van der Waals surface area contributed by atoms with Crippen molar-refractivity contribution in [3.05, 3.63) is 34.9 Å². The first-order chi connectivity index (χ1) is 8.10. The van der Waals surface area contributed by atoms with Crippen LogP contribution in [-0.4, -0.2) is 19.5 Å². The summed E-state index contributed by atoms with van der Waals surface area (Å²) >= 11 is 0. The van der Waals surface area contributed by atoms with Gasteiger partial charge in [0.1, 0.15) is 0 Å². The van der Waals surface area contributed by atoms with Crippen LogP contribution in [0.2, 0.25) is 0 Å². The summed E-state index contributed by atoms with van der Waals surface area (Å²) in [5.74, 6) is -1.61. The Balaban J connectivity index is 2.82. The normalized spacial score (nSPS) is 11.2. The molecule has 4 heteroatoms. The van der Waals surface area contributed by atoms with Crippen molar-refractivity contribution in [3.8, 4) is 0 Å². The van der Waals surface area contributed by atoms with E-state index in [0.717, 1.165) is 0 Å². The third-order valence-corrected chi connectivity index (χ3v) is 2.45. The minimum Gasteiger partial charge on any atom is -0.353 e. The minimum atomic E-state index is -0.811. The van der Waals surface area contributed by atoms with Gasteiger partial charge in [-0.3, -0.25) is 0 Å². The van der Waals surface area contributed by atoms with Gasteiger partial charge in [0.15, 0.2) is 17.9 Å². The summed E-state index contributed by atoms with van der Waals surface area (Å²) in [6, 6.07) is 3.13. The van der Waals surface area contributed by atoms with Crippen LogP contribution in [-0.2, 0) is 15.9 Å². The average Bonchev–Trinajstić information content (AvgIpc) is 2.30. The first kappa shape index (κ1) is 14.1. The van der Waals surface area contributed by atoms with Gasteiger partial charge >= 0.3 is 0 Å². The molecule has 1 rings (SSSR count). The highest BCUT2D eigenvalue weighted by molar-refractivity contribution is 5.25. The van der Waals surface area contributed by atoms with Gasteiger partial charge in [0.25, 0.3) is 0 Å². The minimum absolute atomic E-state index is 0.213. The Morgan fingerprint density at radius 1 is 1.06 bits per heavy atom. The maximum atomic E-state index is 13.6. The second kappa shape index (κ2) is 6.67. The van der Waals surface area contributed by atoms with Gasteiger partial charge in [-0.15, -0.1) is 0 Å².